The van der Waals surface area contributed by atoms with E-state index < -0.39 is 0 Å². The van der Waals surface area contributed by atoms with Crippen LogP contribution in [0.2, 0.25) is 10.0 Å². The molecule has 1 saturated carbocycles. The summed E-state index contributed by atoms with van der Waals surface area (Å²) >= 11 is 11.8. The minimum absolute atomic E-state index is 0.0220. The van der Waals surface area contributed by atoms with Crippen LogP contribution in [0.4, 0.5) is 0 Å². The van der Waals surface area contributed by atoms with Crippen LogP contribution in [0.1, 0.15) is 31.2 Å². The molecule has 2 rings (SSSR count). The van der Waals surface area contributed by atoms with Gasteiger partial charge in [0.25, 0.3) is 0 Å². The van der Waals surface area contributed by atoms with Crippen LogP contribution >= 0.6 is 23.2 Å². The van der Waals surface area contributed by atoms with Crippen LogP contribution < -0.4 is 11.1 Å². The van der Waals surface area contributed by atoms with Gasteiger partial charge in [-0.15, -0.1) is 0 Å². The molecule has 1 aliphatic rings. The summed E-state index contributed by atoms with van der Waals surface area (Å²) in [5.74, 6) is 0.426. The number of hydrogen-bond acceptors (Lipinski definition) is 2. The molecule has 1 fully saturated rings. The summed E-state index contributed by atoms with van der Waals surface area (Å²) in [6.07, 6.45) is 4.82. The smallest absolute Gasteiger partial charge is 0.224 e. The Morgan fingerprint density at radius 3 is 2.70 bits per heavy atom. The number of benzene rings is 1. The average Bonchev–Trinajstić information content (AvgIpc) is 2.43. The molecule has 1 aromatic rings. The second kappa shape index (κ2) is 7.30. The number of nitrogens with one attached hydrogen (secondary N) is 1. The molecule has 3 nitrogen and oxygen atoms in total. The van der Waals surface area contributed by atoms with Crippen LogP contribution in [-0.4, -0.2) is 18.5 Å². The van der Waals surface area contributed by atoms with Gasteiger partial charge in [-0.05, 0) is 43.0 Å². The summed E-state index contributed by atoms with van der Waals surface area (Å²) in [4.78, 5) is 12.1. The molecule has 1 aromatic carbocycles. The van der Waals surface area contributed by atoms with Crippen LogP contribution in [-0.2, 0) is 11.2 Å². The van der Waals surface area contributed by atoms with E-state index in [0.717, 1.165) is 24.8 Å². The molecule has 20 heavy (non-hydrogen) atoms. The SMILES string of the molecule is NCC1CCCCC1NC(=O)Cc1ccc(Cl)c(Cl)c1. The van der Waals surface area contributed by atoms with Crippen LogP contribution in [0.25, 0.3) is 0 Å². The van der Waals surface area contributed by atoms with Crippen molar-refractivity contribution in [3.8, 4) is 0 Å². The topological polar surface area (TPSA) is 55.1 Å². The first-order valence-corrected chi connectivity index (χ1v) is 7.79. The van der Waals surface area contributed by atoms with Crippen molar-refractivity contribution in [1.82, 2.24) is 5.32 Å². The van der Waals surface area contributed by atoms with Crippen LogP contribution in [0, 0.1) is 5.92 Å². The first-order valence-electron chi connectivity index (χ1n) is 7.03. The van der Waals surface area contributed by atoms with Crippen molar-refractivity contribution in [2.75, 3.05) is 6.54 Å². The number of carbonyl (C=O) groups is 1. The van der Waals surface area contributed by atoms with Crippen LogP contribution in [0.5, 0.6) is 0 Å². The summed E-state index contributed by atoms with van der Waals surface area (Å²) in [6.45, 7) is 0.637. The molecule has 110 valence electrons. The van der Waals surface area contributed by atoms with Gasteiger partial charge in [0.2, 0.25) is 5.91 Å². The summed E-state index contributed by atoms with van der Waals surface area (Å²) in [7, 11) is 0. The molecule has 1 amide bonds. The maximum atomic E-state index is 12.1. The van der Waals surface area contributed by atoms with Crippen molar-refractivity contribution in [3.63, 3.8) is 0 Å². The predicted molar refractivity (Wildman–Crippen MR) is 83.1 cm³/mol. The van der Waals surface area contributed by atoms with E-state index in [9.17, 15) is 4.79 Å². The van der Waals surface area contributed by atoms with Gasteiger partial charge in [0.05, 0.1) is 16.5 Å². The third kappa shape index (κ3) is 4.11. The van der Waals surface area contributed by atoms with E-state index in [1.807, 2.05) is 6.07 Å². The van der Waals surface area contributed by atoms with Gasteiger partial charge in [-0.1, -0.05) is 42.1 Å². The highest BCUT2D eigenvalue weighted by molar-refractivity contribution is 6.42. The minimum Gasteiger partial charge on any atom is -0.353 e. The van der Waals surface area contributed by atoms with Gasteiger partial charge in [-0.3, -0.25) is 4.79 Å². The van der Waals surface area contributed by atoms with Crippen molar-refractivity contribution < 1.29 is 4.79 Å². The second-order valence-corrected chi connectivity index (χ2v) is 6.19. The number of carbonyl (C=O) groups excluding carboxylic acids is 1. The number of amides is 1. The van der Waals surface area contributed by atoms with Crippen molar-refractivity contribution in [2.24, 2.45) is 11.7 Å². The Hall–Kier alpha value is -0.770. The number of hydrogen-bond donors (Lipinski definition) is 2. The Morgan fingerprint density at radius 1 is 1.25 bits per heavy atom. The Balaban J connectivity index is 1.92. The third-order valence-corrected chi connectivity index (χ3v) is 4.65. The Bertz CT molecular complexity index is 479. The van der Waals surface area contributed by atoms with E-state index in [-0.39, 0.29) is 11.9 Å². The molecule has 5 heteroatoms. The summed E-state index contributed by atoms with van der Waals surface area (Å²) < 4.78 is 0. The van der Waals surface area contributed by atoms with Gasteiger partial charge in [0.1, 0.15) is 0 Å². The zero-order chi connectivity index (χ0) is 14.5. The highest BCUT2D eigenvalue weighted by Gasteiger charge is 2.25. The van der Waals surface area contributed by atoms with Gasteiger partial charge >= 0.3 is 0 Å². The maximum absolute atomic E-state index is 12.1. The number of halogens is 2. The second-order valence-electron chi connectivity index (χ2n) is 5.38. The molecule has 2 unspecified atom stereocenters. The van der Waals surface area contributed by atoms with Gasteiger partial charge in [-0.25, -0.2) is 0 Å². The number of nitrogens with two attached hydrogens (primary N) is 1. The minimum atomic E-state index is 0.0220. The van der Waals surface area contributed by atoms with E-state index in [4.69, 9.17) is 28.9 Å². The molecule has 0 aliphatic heterocycles. The molecular weight excluding hydrogens is 295 g/mol. The molecule has 0 bridgehead atoms. The van der Waals surface area contributed by atoms with Crippen molar-refractivity contribution in [2.45, 2.75) is 38.1 Å². The molecule has 0 spiro atoms. The lowest BCUT2D eigenvalue weighted by Gasteiger charge is -2.31. The van der Waals surface area contributed by atoms with Crippen molar-refractivity contribution >= 4 is 29.1 Å². The highest BCUT2D eigenvalue weighted by Crippen LogP contribution is 2.24. The van der Waals surface area contributed by atoms with Crippen molar-refractivity contribution in [3.05, 3.63) is 33.8 Å². The Labute approximate surface area is 129 Å². The van der Waals surface area contributed by atoms with Crippen molar-refractivity contribution in [1.29, 1.82) is 0 Å². The van der Waals surface area contributed by atoms with Gasteiger partial charge < -0.3 is 11.1 Å². The lowest BCUT2D eigenvalue weighted by Crippen LogP contribution is -2.45. The van der Waals surface area contributed by atoms with E-state index >= 15 is 0 Å². The van der Waals surface area contributed by atoms with Gasteiger partial charge in [0.15, 0.2) is 0 Å². The lowest BCUT2D eigenvalue weighted by atomic mass is 9.84. The highest BCUT2D eigenvalue weighted by atomic mass is 35.5. The summed E-state index contributed by atoms with van der Waals surface area (Å²) in [5.41, 5.74) is 6.65. The molecule has 2 atom stereocenters. The maximum Gasteiger partial charge on any atom is 0.224 e. The quantitative estimate of drug-likeness (QED) is 0.896. The van der Waals surface area contributed by atoms with E-state index in [2.05, 4.69) is 5.32 Å². The molecule has 0 saturated heterocycles. The largest absolute Gasteiger partial charge is 0.353 e. The van der Waals surface area contributed by atoms with Crippen LogP contribution in [0.3, 0.4) is 0 Å². The Kier molecular flexibility index (Phi) is 5.70. The molecule has 0 radical (unpaired) electrons. The fourth-order valence-corrected chi connectivity index (χ4v) is 3.09. The fraction of sp³-hybridized carbons (Fsp3) is 0.533. The molecule has 0 heterocycles. The van der Waals surface area contributed by atoms with Gasteiger partial charge in [-0.2, -0.15) is 0 Å². The normalized spacial score (nSPS) is 22.6. The molecule has 3 N–H and O–H groups in total. The molecular formula is C15H20Cl2N2O. The van der Waals surface area contributed by atoms with Crippen LogP contribution in [0.15, 0.2) is 18.2 Å². The number of rotatable bonds is 4. The summed E-state index contributed by atoms with van der Waals surface area (Å²) in [6, 6.07) is 5.50. The first-order chi connectivity index (χ1) is 9.60. The fourth-order valence-electron chi connectivity index (χ4n) is 2.77. The zero-order valence-corrected chi connectivity index (χ0v) is 12.9. The van der Waals surface area contributed by atoms with Gasteiger partial charge in [0, 0.05) is 6.04 Å². The van der Waals surface area contributed by atoms with E-state index in [1.54, 1.807) is 12.1 Å². The predicted octanol–water partition coefficient (Wildman–Crippen LogP) is 3.17. The monoisotopic (exact) mass is 314 g/mol. The summed E-state index contributed by atoms with van der Waals surface area (Å²) in [5, 5.41) is 4.09. The first kappa shape index (κ1) is 15.6. The average molecular weight is 315 g/mol. The molecule has 1 aliphatic carbocycles. The van der Waals surface area contributed by atoms with E-state index in [1.165, 1.54) is 6.42 Å². The zero-order valence-electron chi connectivity index (χ0n) is 11.4. The molecule has 0 aromatic heterocycles. The third-order valence-electron chi connectivity index (χ3n) is 3.91. The van der Waals surface area contributed by atoms with E-state index in [0.29, 0.717) is 28.9 Å². The standard InChI is InChI=1S/C15H20Cl2N2O/c16-12-6-5-10(7-13(12)17)8-15(20)19-14-4-2-1-3-11(14)9-18/h5-7,11,14H,1-4,8-9,18H2,(H,19,20). The lowest BCUT2D eigenvalue weighted by molar-refractivity contribution is -0.121. The Morgan fingerprint density at radius 2 is 2.00 bits per heavy atom.